The average Bonchev–Trinajstić information content (AvgIpc) is 3.63. The van der Waals surface area contributed by atoms with Gasteiger partial charge in [0.15, 0.2) is 4.34 Å². The summed E-state index contributed by atoms with van der Waals surface area (Å²) in [6.07, 6.45) is 0.674. The molecule has 11 heteroatoms. The van der Waals surface area contributed by atoms with Gasteiger partial charge in [-0.05, 0) is 60.0 Å². The van der Waals surface area contributed by atoms with Gasteiger partial charge in [0.1, 0.15) is 23.4 Å². The van der Waals surface area contributed by atoms with Crippen LogP contribution in [0, 0.1) is 5.82 Å². The molecular formula is C29H21ClFN3O4S2. The first-order valence-electron chi connectivity index (χ1n) is 12.4. The van der Waals surface area contributed by atoms with E-state index in [9.17, 15) is 19.1 Å². The Hall–Kier alpha value is -3.73. The van der Waals surface area contributed by atoms with Gasteiger partial charge in [-0.2, -0.15) is 0 Å². The highest BCUT2D eigenvalue weighted by Gasteiger charge is 2.48. The maximum atomic E-state index is 14.1. The van der Waals surface area contributed by atoms with E-state index in [1.165, 1.54) is 22.7 Å². The maximum Gasteiger partial charge on any atom is 0.301 e. The second kappa shape index (κ2) is 10.7. The molecule has 2 unspecified atom stereocenters. The lowest BCUT2D eigenvalue weighted by atomic mass is 9.94. The number of ether oxygens (including phenoxy) is 1. The van der Waals surface area contributed by atoms with Crippen molar-refractivity contribution in [2.24, 2.45) is 0 Å². The second-order valence-corrected chi connectivity index (χ2v) is 12.0. The Morgan fingerprint density at radius 3 is 2.77 bits per heavy atom. The molecule has 40 heavy (non-hydrogen) atoms. The number of halogens is 2. The highest BCUT2D eigenvalue weighted by Crippen LogP contribution is 2.45. The van der Waals surface area contributed by atoms with E-state index in [4.69, 9.17) is 16.3 Å². The Bertz CT molecular complexity index is 1690. The minimum Gasteiger partial charge on any atom is -0.507 e. The molecular weight excluding hydrogens is 573 g/mol. The third-order valence-electron chi connectivity index (χ3n) is 6.69. The molecule has 1 aromatic heterocycles. The van der Waals surface area contributed by atoms with Gasteiger partial charge in [0, 0.05) is 22.8 Å². The fourth-order valence-corrected chi connectivity index (χ4v) is 6.91. The Kier molecular flexibility index (Phi) is 7.07. The number of hydrogen-bond acceptors (Lipinski definition) is 8. The number of aromatic nitrogens is 2. The van der Waals surface area contributed by atoms with Crippen LogP contribution in [0.4, 0.5) is 9.52 Å². The molecule has 0 spiro atoms. The van der Waals surface area contributed by atoms with Crippen molar-refractivity contribution in [3.63, 3.8) is 0 Å². The summed E-state index contributed by atoms with van der Waals surface area (Å²) in [7, 11) is 0. The summed E-state index contributed by atoms with van der Waals surface area (Å²) in [6, 6.07) is 17.4. The average molecular weight is 594 g/mol. The Morgan fingerprint density at radius 2 is 1.98 bits per heavy atom. The Morgan fingerprint density at radius 1 is 1.15 bits per heavy atom. The predicted octanol–water partition coefficient (Wildman–Crippen LogP) is 6.57. The van der Waals surface area contributed by atoms with Gasteiger partial charge in [-0.1, -0.05) is 65.0 Å². The lowest BCUT2D eigenvalue weighted by Crippen LogP contribution is -2.29. The van der Waals surface area contributed by atoms with Crippen molar-refractivity contribution in [1.29, 1.82) is 0 Å². The quantitative estimate of drug-likeness (QED) is 0.0888. The first kappa shape index (κ1) is 26.5. The molecule has 1 fully saturated rings. The lowest BCUT2D eigenvalue weighted by molar-refractivity contribution is -0.132. The van der Waals surface area contributed by atoms with Crippen LogP contribution in [0.25, 0.3) is 5.76 Å². The van der Waals surface area contributed by atoms with Crippen LogP contribution in [-0.4, -0.2) is 33.1 Å². The Balaban J connectivity index is 1.39. The third-order valence-corrected chi connectivity index (χ3v) is 9.03. The van der Waals surface area contributed by atoms with Crippen LogP contribution in [0.1, 0.15) is 35.2 Å². The molecule has 2 atom stereocenters. The number of thioether (sulfide) groups is 1. The van der Waals surface area contributed by atoms with Crippen molar-refractivity contribution in [2.75, 3.05) is 4.90 Å². The van der Waals surface area contributed by atoms with Crippen molar-refractivity contribution < 1.29 is 23.8 Å². The van der Waals surface area contributed by atoms with Crippen molar-refractivity contribution in [1.82, 2.24) is 10.2 Å². The molecule has 4 aromatic rings. The van der Waals surface area contributed by atoms with E-state index in [0.29, 0.717) is 38.2 Å². The van der Waals surface area contributed by atoms with Gasteiger partial charge in [-0.25, -0.2) is 4.39 Å². The number of hydrogen-bond donors (Lipinski definition) is 1. The van der Waals surface area contributed by atoms with Crippen molar-refractivity contribution in [3.8, 4) is 5.75 Å². The van der Waals surface area contributed by atoms with E-state index < -0.39 is 17.7 Å². The van der Waals surface area contributed by atoms with E-state index in [1.807, 2.05) is 6.92 Å². The van der Waals surface area contributed by atoms with Gasteiger partial charge >= 0.3 is 5.91 Å². The number of aliphatic hydroxyl groups excluding tert-OH is 1. The van der Waals surface area contributed by atoms with Crippen LogP contribution in [0.3, 0.4) is 0 Å². The first-order valence-corrected chi connectivity index (χ1v) is 14.5. The third kappa shape index (κ3) is 4.87. The molecule has 2 aliphatic heterocycles. The number of benzene rings is 3. The minimum absolute atomic E-state index is 0.00675. The van der Waals surface area contributed by atoms with Crippen LogP contribution in [0.5, 0.6) is 5.75 Å². The van der Waals surface area contributed by atoms with E-state index in [0.717, 1.165) is 22.6 Å². The smallest absolute Gasteiger partial charge is 0.301 e. The van der Waals surface area contributed by atoms with E-state index in [2.05, 4.69) is 10.2 Å². The monoisotopic (exact) mass is 593 g/mol. The minimum atomic E-state index is -0.987. The van der Waals surface area contributed by atoms with Gasteiger partial charge in [0.2, 0.25) is 5.13 Å². The lowest BCUT2D eigenvalue weighted by Gasteiger charge is -2.22. The number of anilines is 1. The number of nitrogens with zero attached hydrogens (tertiary/aromatic N) is 3. The number of Topliss-reactive ketones (excluding diaryl/α,β-unsaturated/α-hetero) is 1. The zero-order valence-corrected chi connectivity index (χ0v) is 23.4. The second-order valence-electron chi connectivity index (χ2n) is 9.41. The fraction of sp³-hybridized carbons (Fsp3) is 0.172. The van der Waals surface area contributed by atoms with Crippen molar-refractivity contribution in [2.45, 2.75) is 35.6 Å². The normalized spacial score (nSPS) is 19.6. The van der Waals surface area contributed by atoms with Gasteiger partial charge in [-0.3, -0.25) is 14.5 Å². The molecule has 2 aliphatic rings. The van der Waals surface area contributed by atoms with Crippen LogP contribution in [-0.2, 0) is 21.8 Å². The number of amides is 1. The van der Waals surface area contributed by atoms with Gasteiger partial charge < -0.3 is 9.84 Å². The largest absolute Gasteiger partial charge is 0.507 e. The highest BCUT2D eigenvalue weighted by molar-refractivity contribution is 8.00. The SMILES string of the molecule is CC1Cc2cc(/C(O)=C3\C(=O)C(=O)N(c4nnc(SCc5ccccc5F)s4)C3c3cccc(Cl)c3)ccc2O1. The molecule has 0 bridgehead atoms. The maximum absolute atomic E-state index is 14.1. The number of ketones is 1. The first-order chi connectivity index (χ1) is 19.3. The van der Waals surface area contributed by atoms with Gasteiger partial charge in [-0.15, -0.1) is 10.2 Å². The summed E-state index contributed by atoms with van der Waals surface area (Å²) in [6.45, 7) is 1.95. The molecule has 1 N–H and O–H groups in total. The van der Waals surface area contributed by atoms with Crippen LogP contribution < -0.4 is 9.64 Å². The standard InChI is InChI=1S/C29H21ClFN3O4S2/c1-15-11-19-12-17(9-10-22(19)38-15)25(35)23-24(16-6-4-7-20(30)13-16)34(27(37)26(23)36)28-32-33-29(40-28)39-14-18-5-2-3-8-21(18)31/h2-10,12-13,15,24,35H,11,14H2,1H3/b25-23+. The molecule has 1 amide bonds. The summed E-state index contributed by atoms with van der Waals surface area (Å²) in [5.41, 5.74) is 2.28. The van der Waals surface area contributed by atoms with E-state index >= 15 is 0 Å². The van der Waals surface area contributed by atoms with E-state index in [1.54, 1.807) is 60.7 Å². The number of rotatable bonds is 6. The topological polar surface area (TPSA) is 92.6 Å². The van der Waals surface area contributed by atoms with E-state index in [-0.39, 0.29) is 28.4 Å². The van der Waals surface area contributed by atoms with Gasteiger partial charge in [0.05, 0.1) is 11.6 Å². The molecule has 0 radical (unpaired) electrons. The van der Waals surface area contributed by atoms with Crippen molar-refractivity contribution in [3.05, 3.63) is 105 Å². The molecule has 0 saturated carbocycles. The zero-order valence-electron chi connectivity index (χ0n) is 21.0. The van der Waals surface area contributed by atoms with Crippen molar-refractivity contribution >= 4 is 57.3 Å². The molecule has 3 aromatic carbocycles. The zero-order chi connectivity index (χ0) is 28.0. The summed E-state index contributed by atoms with van der Waals surface area (Å²) in [5.74, 6) is -1.26. The fourth-order valence-electron chi connectivity index (χ4n) is 4.86. The number of aliphatic hydroxyl groups is 1. The van der Waals surface area contributed by atoms with Crippen LogP contribution in [0.15, 0.2) is 76.6 Å². The van der Waals surface area contributed by atoms with Crippen LogP contribution >= 0.6 is 34.7 Å². The molecule has 7 nitrogen and oxygen atoms in total. The summed E-state index contributed by atoms with van der Waals surface area (Å²) in [5, 5.41) is 20.4. The molecule has 3 heterocycles. The number of fused-ring (bicyclic) bond motifs is 1. The van der Waals surface area contributed by atoms with Gasteiger partial charge in [0.25, 0.3) is 5.78 Å². The molecule has 6 rings (SSSR count). The number of carbonyl (C=O) groups excluding carboxylic acids is 2. The van der Waals surface area contributed by atoms with Crippen LogP contribution in [0.2, 0.25) is 5.02 Å². The Labute approximate surface area is 242 Å². The molecule has 0 aliphatic carbocycles. The predicted molar refractivity (Wildman–Crippen MR) is 152 cm³/mol. The number of carbonyl (C=O) groups is 2. The molecule has 202 valence electrons. The molecule has 1 saturated heterocycles. The summed E-state index contributed by atoms with van der Waals surface area (Å²) in [4.78, 5) is 28.1. The summed E-state index contributed by atoms with van der Waals surface area (Å²) >= 11 is 8.67. The highest BCUT2D eigenvalue weighted by atomic mass is 35.5. The summed E-state index contributed by atoms with van der Waals surface area (Å²) < 4.78 is 20.3.